The maximum absolute atomic E-state index is 10.0. The zero-order valence-corrected chi connectivity index (χ0v) is 10.5. The fraction of sp³-hybridized carbons (Fsp3) is 0.538. The van der Waals surface area contributed by atoms with Gasteiger partial charge < -0.3 is 10.4 Å². The van der Waals surface area contributed by atoms with Crippen LogP contribution in [-0.4, -0.2) is 23.9 Å². The van der Waals surface area contributed by atoms with Gasteiger partial charge in [0.1, 0.15) is 0 Å². The van der Waals surface area contributed by atoms with Crippen molar-refractivity contribution in [1.29, 1.82) is 0 Å². The van der Waals surface area contributed by atoms with Crippen LogP contribution in [0.2, 0.25) is 0 Å². The van der Waals surface area contributed by atoms with Crippen molar-refractivity contribution in [3.05, 3.63) is 29.8 Å². The number of likely N-dealkylation sites (N-methyl/N-ethyl adjacent to an activating group) is 1. The van der Waals surface area contributed by atoms with Gasteiger partial charge in [0.15, 0.2) is 0 Å². The van der Waals surface area contributed by atoms with Crippen LogP contribution >= 0.6 is 11.8 Å². The first-order valence-corrected chi connectivity index (χ1v) is 6.77. The smallest absolute Gasteiger partial charge is 0.0925 e. The van der Waals surface area contributed by atoms with Crippen LogP contribution < -0.4 is 5.32 Å². The van der Waals surface area contributed by atoms with E-state index in [2.05, 4.69) is 17.4 Å². The number of aliphatic hydroxyl groups is 1. The predicted molar refractivity (Wildman–Crippen MR) is 68.8 cm³/mol. The first-order valence-electron chi connectivity index (χ1n) is 5.89. The largest absolute Gasteiger partial charge is 0.387 e. The molecule has 1 saturated carbocycles. The molecule has 0 saturated heterocycles. The fourth-order valence-corrected chi connectivity index (χ4v) is 3.26. The van der Waals surface area contributed by atoms with E-state index in [-0.39, 0.29) is 0 Å². The van der Waals surface area contributed by atoms with Crippen LogP contribution in [0.4, 0.5) is 0 Å². The zero-order valence-electron chi connectivity index (χ0n) is 9.65. The summed E-state index contributed by atoms with van der Waals surface area (Å²) < 4.78 is 0. The average Bonchev–Trinajstić information content (AvgIpc) is 2.24. The lowest BCUT2D eigenvalue weighted by atomic mass is 10.00. The third-order valence-corrected chi connectivity index (χ3v) is 4.45. The Bertz CT molecular complexity index is 338. The molecule has 0 spiro atoms. The molecule has 0 radical (unpaired) electrons. The number of thioether (sulfide) groups is 1. The topological polar surface area (TPSA) is 32.3 Å². The number of rotatable bonds is 5. The molecule has 0 aromatic heterocycles. The Balaban J connectivity index is 2.09. The Labute approximate surface area is 101 Å². The second-order valence-corrected chi connectivity index (χ2v) is 5.62. The summed E-state index contributed by atoms with van der Waals surface area (Å²) >= 11 is 1.92. The van der Waals surface area contributed by atoms with Gasteiger partial charge in [-0.25, -0.2) is 0 Å². The highest BCUT2D eigenvalue weighted by Gasteiger charge is 2.21. The third kappa shape index (κ3) is 2.78. The summed E-state index contributed by atoms with van der Waals surface area (Å²) in [6.45, 7) is 0.613. The molecule has 0 aliphatic heterocycles. The van der Waals surface area contributed by atoms with Crippen LogP contribution in [0.1, 0.15) is 30.9 Å². The quantitative estimate of drug-likeness (QED) is 0.825. The van der Waals surface area contributed by atoms with E-state index in [1.165, 1.54) is 24.2 Å². The highest BCUT2D eigenvalue weighted by atomic mass is 32.2. The summed E-state index contributed by atoms with van der Waals surface area (Å²) in [5.74, 6) is 0. The molecule has 16 heavy (non-hydrogen) atoms. The number of benzene rings is 1. The van der Waals surface area contributed by atoms with Crippen molar-refractivity contribution in [2.24, 2.45) is 0 Å². The first kappa shape index (κ1) is 12.0. The molecule has 1 unspecified atom stereocenters. The minimum atomic E-state index is -0.395. The van der Waals surface area contributed by atoms with E-state index in [1.807, 2.05) is 30.9 Å². The monoisotopic (exact) mass is 237 g/mol. The van der Waals surface area contributed by atoms with E-state index in [0.29, 0.717) is 6.54 Å². The summed E-state index contributed by atoms with van der Waals surface area (Å²) in [4.78, 5) is 1.25. The Morgan fingerprint density at radius 3 is 2.81 bits per heavy atom. The lowest BCUT2D eigenvalue weighted by molar-refractivity contribution is 0.175. The van der Waals surface area contributed by atoms with E-state index in [4.69, 9.17) is 0 Å². The maximum atomic E-state index is 10.0. The summed E-state index contributed by atoms with van der Waals surface area (Å²) in [6, 6.07) is 8.20. The lowest BCUT2D eigenvalue weighted by Gasteiger charge is -2.26. The van der Waals surface area contributed by atoms with Crippen LogP contribution in [0.3, 0.4) is 0 Å². The molecule has 2 rings (SSSR count). The molecule has 0 bridgehead atoms. The van der Waals surface area contributed by atoms with Crippen molar-refractivity contribution in [1.82, 2.24) is 5.32 Å². The Morgan fingerprint density at radius 2 is 2.19 bits per heavy atom. The molecule has 0 amide bonds. The second kappa shape index (κ2) is 5.71. The van der Waals surface area contributed by atoms with Crippen molar-refractivity contribution < 1.29 is 5.11 Å². The SMILES string of the molecule is CNCC(O)c1ccccc1SC1CCC1. The van der Waals surface area contributed by atoms with Crippen LogP contribution in [-0.2, 0) is 0 Å². The predicted octanol–water partition coefficient (Wildman–Crippen LogP) is 2.58. The van der Waals surface area contributed by atoms with E-state index in [0.717, 1.165) is 10.8 Å². The summed E-state index contributed by atoms with van der Waals surface area (Å²) in [5, 5.41) is 13.8. The van der Waals surface area contributed by atoms with Gasteiger partial charge in [-0.05, 0) is 31.5 Å². The lowest BCUT2D eigenvalue weighted by Crippen LogP contribution is -2.18. The molecule has 3 heteroatoms. The molecular weight excluding hydrogens is 218 g/mol. The van der Waals surface area contributed by atoms with Gasteiger partial charge in [0.25, 0.3) is 0 Å². The van der Waals surface area contributed by atoms with Gasteiger partial charge in [-0.1, -0.05) is 24.6 Å². The number of hydrogen-bond donors (Lipinski definition) is 2. The van der Waals surface area contributed by atoms with Gasteiger partial charge in [-0.15, -0.1) is 11.8 Å². The molecule has 1 aromatic carbocycles. The minimum absolute atomic E-state index is 0.395. The average molecular weight is 237 g/mol. The summed E-state index contributed by atoms with van der Waals surface area (Å²) in [5.41, 5.74) is 1.06. The van der Waals surface area contributed by atoms with Crippen molar-refractivity contribution in [2.75, 3.05) is 13.6 Å². The normalized spacial score (nSPS) is 18.1. The van der Waals surface area contributed by atoms with Gasteiger partial charge >= 0.3 is 0 Å². The molecule has 2 nitrogen and oxygen atoms in total. The van der Waals surface area contributed by atoms with Gasteiger partial charge in [-0.2, -0.15) is 0 Å². The fourth-order valence-electron chi connectivity index (χ4n) is 1.83. The molecule has 1 fully saturated rings. The van der Waals surface area contributed by atoms with E-state index in [1.54, 1.807) is 0 Å². The molecule has 0 heterocycles. The number of hydrogen-bond acceptors (Lipinski definition) is 3. The molecule has 1 aliphatic rings. The van der Waals surface area contributed by atoms with E-state index >= 15 is 0 Å². The van der Waals surface area contributed by atoms with E-state index in [9.17, 15) is 5.11 Å². The van der Waals surface area contributed by atoms with Crippen molar-refractivity contribution in [3.8, 4) is 0 Å². The van der Waals surface area contributed by atoms with Crippen LogP contribution in [0, 0.1) is 0 Å². The van der Waals surface area contributed by atoms with Gasteiger partial charge in [0.05, 0.1) is 6.10 Å². The Hall–Kier alpha value is -0.510. The molecule has 1 aromatic rings. The molecule has 2 N–H and O–H groups in total. The molecule has 1 aliphatic carbocycles. The van der Waals surface area contributed by atoms with Gasteiger partial charge in [-0.3, -0.25) is 0 Å². The van der Waals surface area contributed by atoms with Crippen molar-refractivity contribution in [2.45, 2.75) is 35.5 Å². The summed E-state index contributed by atoms with van der Waals surface area (Å²) in [7, 11) is 1.87. The van der Waals surface area contributed by atoms with Crippen molar-refractivity contribution in [3.63, 3.8) is 0 Å². The highest BCUT2D eigenvalue weighted by molar-refractivity contribution is 8.00. The Morgan fingerprint density at radius 1 is 1.44 bits per heavy atom. The second-order valence-electron chi connectivity index (χ2n) is 4.28. The van der Waals surface area contributed by atoms with Gasteiger partial charge in [0, 0.05) is 16.7 Å². The number of nitrogens with one attached hydrogen (secondary N) is 1. The molecule has 1 atom stereocenters. The minimum Gasteiger partial charge on any atom is -0.387 e. The zero-order chi connectivity index (χ0) is 11.4. The van der Waals surface area contributed by atoms with Gasteiger partial charge in [0.2, 0.25) is 0 Å². The molecular formula is C13H19NOS. The maximum Gasteiger partial charge on any atom is 0.0925 e. The van der Waals surface area contributed by atoms with Crippen molar-refractivity contribution >= 4 is 11.8 Å². The molecule has 88 valence electrons. The Kier molecular flexibility index (Phi) is 4.27. The third-order valence-electron chi connectivity index (χ3n) is 3.02. The van der Waals surface area contributed by atoms with Crippen LogP contribution in [0.15, 0.2) is 29.2 Å². The summed E-state index contributed by atoms with van der Waals surface area (Å²) in [6.07, 6.45) is 3.61. The standard InChI is InChI=1S/C13H19NOS/c1-14-9-12(15)11-7-2-3-8-13(11)16-10-5-4-6-10/h2-3,7-8,10,12,14-15H,4-6,9H2,1H3. The van der Waals surface area contributed by atoms with E-state index < -0.39 is 6.10 Å². The van der Waals surface area contributed by atoms with Crippen LogP contribution in [0.25, 0.3) is 0 Å². The first-order chi connectivity index (χ1) is 7.81. The number of aliphatic hydroxyl groups excluding tert-OH is 1. The highest BCUT2D eigenvalue weighted by Crippen LogP contribution is 2.39. The van der Waals surface area contributed by atoms with Crippen LogP contribution in [0.5, 0.6) is 0 Å².